The van der Waals surface area contributed by atoms with E-state index in [4.69, 9.17) is 9.47 Å². The van der Waals surface area contributed by atoms with Gasteiger partial charge in [0.1, 0.15) is 23.8 Å². The third-order valence-corrected chi connectivity index (χ3v) is 7.36. The largest absolute Gasteiger partial charge is 0.489 e. The maximum absolute atomic E-state index is 13.2. The van der Waals surface area contributed by atoms with Crippen LogP contribution >= 0.6 is 0 Å². The second kappa shape index (κ2) is 10.3. The number of hydrogen-bond donors (Lipinski definition) is 2. The smallest absolute Gasteiger partial charge is 0.412 e. The number of anilines is 2. The highest BCUT2D eigenvalue weighted by atomic mass is 32.2. The van der Waals surface area contributed by atoms with E-state index in [9.17, 15) is 22.4 Å². The zero-order valence-electron chi connectivity index (χ0n) is 19.3. The molecule has 1 saturated carbocycles. The van der Waals surface area contributed by atoms with Crippen LogP contribution in [0.3, 0.4) is 0 Å². The van der Waals surface area contributed by atoms with Gasteiger partial charge in [0, 0.05) is 22.5 Å². The molecule has 0 saturated heterocycles. The van der Waals surface area contributed by atoms with Crippen LogP contribution in [0.2, 0.25) is 0 Å². The fourth-order valence-corrected chi connectivity index (χ4v) is 4.85. The summed E-state index contributed by atoms with van der Waals surface area (Å²) in [6.45, 7) is 3.63. The lowest BCUT2D eigenvalue weighted by molar-refractivity contribution is -0.118. The van der Waals surface area contributed by atoms with Crippen molar-refractivity contribution >= 4 is 33.4 Å². The molecule has 0 bridgehead atoms. The molecular formula is C23H32FN3O6S. The Bertz CT molecular complexity index is 1160. The molecule has 34 heavy (non-hydrogen) atoms. The van der Waals surface area contributed by atoms with E-state index in [1.807, 2.05) is 6.92 Å². The molecule has 9 nitrogen and oxygen atoms in total. The molecule has 4 rings (SSSR count). The summed E-state index contributed by atoms with van der Waals surface area (Å²) in [7, 11) is -2.32. The van der Waals surface area contributed by atoms with Crippen molar-refractivity contribution in [1.82, 2.24) is 5.32 Å². The fraction of sp³-hybridized carbons (Fsp3) is 0.391. The third-order valence-electron chi connectivity index (χ3n) is 5.53. The van der Waals surface area contributed by atoms with Crippen molar-refractivity contribution in [2.45, 2.75) is 43.6 Å². The molecule has 2 N–H and O–H groups in total. The molecule has 2 aliphatic rings. The Morgan fingerprint density at radius 1 is 1.18 bits per heavy atom. The highest BCUT2D eigenvalue weighted by Gasteiger charge is 2.36. The summed E-state index contributed by atoms with van der Waals surface area (Å²) in [5, 5.41) is 5.04. The first-order valence-corrected chi connectivity index (χ1v) is 12.2. The molecule has 2 aromatic carbocycles. The van der Waals surface area contributed by atoms with Crippen molar-refractivity contribution in [1.29, 1.82) is 0 Å². The normalized spacial score (nSPS) is 15.9. The van der Waals surface area contributed by atoms with Crippen molar-refractivity contribution in [2.24, 2.45) is 0 Å². The number of sulfonamides is 1. The zero-order chi connectivity index (χ0) is 24.9. The number of amides is 2. The van der Waals surface area contributed by atoms with Gasteiger partial charge in [-0.15, -0.1) is 0 Å². The standard InChI is InChI=1S/C20H21FN2O5S.C3H7NO.2H2/c1-20(9-2-10-20)28-19(24)22-15-5-8-18-17(13-15)23(11-12-27-18)29(25,26)16-6-3-14(21)4-7-16;1-3(5)4-2;;/h3-8,13H,2,9-12H2,1H3,(H,22,24);1-2H3,(H,4,5);2*1H. The first-order valence-electron chi connectivity index (χ1n) is 10.8. The summed E-state index contributed by atoms with van der Waals surface area (Å²) >= 11 is 0. The lowest BCUT2D eigenvalue weighted by Crippen LogP contribution is -2.40. The van der Waals surface area contributed by atoms with Gasteiger partial charge in [0.05, 0.1) is 17.1 Å². The second-order valence-corrected chi connectivity index (χ2v) is 10.0. The number of ether oxygens (including phenoxy) is 2. The Kier molecular flexibility index (Phi) is 7.65. The van der Waals surface area contributed by atoms with Crippen molar-refractivity contribution in [2.75, 3.05) is 29.8 Å². The summed E-state index contributed by atoms with van der Waals surface area (Å²) < 4.78 is 51.5. The number of halogens is 1. The Morgan fingerprint density at radius 2 is 1.82 bits per heavy atom. The van der Waals surface area contributed by atoms with Crippen LogP contribution in [0.1, 0.15) is 36.0 Å². The summed E-state index contributed by atoms with van der Waals surface area (Å²) in [4.78, 5) is 21.9. The van der Waals surface area contributed by atoms with Gasteiger partial charge in [-0.1, -0.05) is 0 Å². The molecule has 1 heterocycles. The number of benzene rings is 2. The number of fused-ring (bicyclic) bond motifs is 1. The summed E-state index contributed by atoms with van der Waals surface area (Å²) in [5.41, 5.74) is 0.244. The highest BCUT2D eigenvalue weighted by Crippen LogP contribution is 2.38. The SMILES string of the molecule is CC1(OC(=O)Nc2ccc3c(c2)N(S(=O)(=O)c2ccc(F)cc2)CCO3)CCC1.CNC(C)=O.[HH].[HH]. The molecule has 11 heteroatoms. The Hall–Kier alpha value is -3.34. The lowest BCUT2D eigenvalue weighted by Gasteiger charge is -2.37. The van der Waals surface area contributed by atoms with E-state index in [1.54, 1.807) is 19.2 Å². The first kappa shape index (κ1) is 25.3. The van der Waals surface area contributed by atoms with Gasteiger partial charge in [-0.3, -0.25) is 14.4 Å². The van der Waals surface area contributed by atoms with Crippen LogP contribution < -0.4 is 19.7 Å². The van der Waals surface area contributed by atoms with Crippen molar-refractivity contribution in [3.63, 3.8) is 0 Å². The molecule has 1 fully saturated rings. The third kappa shape index (κ3) is 5.96. The molecule has 2 amide bonds. The van der Waals surface area contributed by atoms with E-state index in [0.29, 0.717) is 17.1 Å². The molecule has 1 aliphatic carbocycles. The van der Waals surface area contributed by atoms with Crippen LogP contribution in [-0.2, 0) is 19.6 Å². The summed E-state index contributed by atoms with van der Waals surface area (Å²) in [5.74, 6) is -0.131. The van der Waals surface area contributed by atoms with Gasteiger partial charge in [-0.25, -0.2) is 17.6 Å². The predicted molar refractivity (Wildman–Crippen MR) is 129 cm³/mol. The van der Waals surface area contributed by atoms with Crippen molar-refractivity contribution in [3.05, 3.63) is 48.3 Å². The number of nitrogens with one attached hydrogen (secondary N) is 2. The molecule has 0 unspecified atom stereocenters. The van der Waals surface area contributed by atoms with Gasteiger partial charge in [0.15, 0.2) is 0 Å². The van der Waals surface area contributed by atoms with Crippen molar-refractivity contribution in [3.8, 4) is 5.75 Å². The highest BCUT2D eigenvalue weighted by molar-refractivity contribution is 7.92. The van der Waals surface area contributed by atoms with Gasteiger partial charge in [0.2, 0.25) is 5.91 Å². The summed E-state index contributed by atoms with van der Waals surface area (Å²) in [6, 6.07) is 9.39. The van der Waals surface area contributed by atoms with Crippen LogP contribution in [0.25, 0.3) is 0 Å². The zero-order valence-corrected chi connectivity index (χ0v) is 20.1. The van der Waals surface area contributed by atoms with Crippen LogP contribution in [0.15, 0.2) is 47.4 Å². The molecule has 0 atom stereocenters. The van der Waals surface area contributed by atoms with Gasteiger partial charge < -0.3 is 14.8 Å². The molecule has 1 aliphatic heterocycles. The van der Waals surface area contributed by atoms with E-state index in [-0.39, 0.29) is 26.8 Å². The number of nitrogens with zero attached hydrogens (tertiary/aromatic N) is 1. The number of hydrogen-bond acceptors (Lipinski definition) is 6. The molecular weight excluding hydrogens is 465 g/mol. The van der Waals surface area contributed by atoms with E-state index in [2.05, 4.69) is 10.6 Å². The molecule has 188 valence electrons. The lowest BCUT2D eigenvalue weighted by atomic mass is 9.82. The average molecular weight is 498 g/mol. The quantitative estimate of drug-likeness (QED) is 0.656. The number of rotatable bonds is 4. The summed E-state index contributed by atoms with van der Waals surface area (Å²) in [6.07, 6.45) is 2.08. The van der Waals surface area contributed by atoms with E-state index in [0.717, 1.165) is 31.4 Å². The minimum atomic E-state index is -3.92. The Balaban J connectivity index is 0.000000846. The van der Waals surface area contributed by atoms with Crippen LogP contribution in [0.5, 0.6) is 5.75 Å². The molecule has 0 aromatic heterocycles. The topological polar surface area (TPSA) is 114 Å². The first-order chi connectivity index (χ1) is 16.0. The van der Waals surface area contributed by atoms with Crippen LogP contribution in [0.4, 0.5) is 20.6 Å². The van der Waals surface area contributed by atoms with Gasteiger partial charge in [0.25, 0.3) is 10.0 Å². The fourth-order valence-electron chi connectivity index (χ4n) is 3.40. The van der Waals surface area contributed by atoms with Crippen LogP contribution in [-0.4, -0.2) is 46.2 Å². The maximum atomic E-state index is 13.2. The monoisotopic (exact) mass is 497 g/mol. The predicted octanol–water partition coefficient (Wildman–Crippen LogP) is 4.15. The second-order valence-electron chi connectivity index (χ2n) is 8.19. The maximum Gasteiger partial charge on any atom is 0.412 e. The van der Waals surface area contributed by atoms with Gasteiger partial charge in [-0.2, -0.15) is 0 Å². The van der Waals surface area contributed by atoms with E-state index < -0.39 is 27.5 Å². The average Bonchev–Trinajstić information content (AvgIpc) is 2.78. The van der Waals surface area contributed by atoms with Crippen molar-refractivity contribution < 1.29 is 34.7 Å². The van der Waals surface area contributed by atoms with E-state index >= 15 is 0 Å². The number of carbonyl (C=O) groups excluding carboxylic acids is 2. The molecule has 2 aromatic rings. The van der Waals surface area contributed by atoms with Crippen LogP contribution in [0, 0.1) is 5.82 Å². The minimum Gasteiger partial charge on any atom is -0.489 e. The number of carbonyl (C=O) groups is 2. The molecule has 0 spiro atoms. The van der Waals surface area contributed by atoms with Gasteiger partial charge >= 0.3 is 6.09 Å². The minimum absolute atomic E-state index is 0. The van der Waals surface area contributed by atoms with E-state index in [1.165, 1.54) is 29.4 Å². The Morgan fingerprint density at radius 3 is 2.38 bits per heavy atom. The molecule has 0 radical (unpaired) electrons. The van der Waals surface area contributed by atoms with Gasteiger partial charge in [-0.05, 0) is 68.7 Å². The Labute approximate surface area is 201 Å².